The van der Waals surface area contributed by atoms with Crippen LogP contribution in [-0.2, 0) is 15.8 Å². The van der Waals surface area contributed by atoms with Gasteiger partial charge in [0.25, 0.3) is 5.91 Å². The molecule has 1 aliphatic heterocycles. The highest BCUT2D eigenvalue weighted by Crippen LogP contribution is 2.45. The van der Waals surface area contributed by atoms with Gasteiger partial charge in [-0.05, 0) is 75.2 Å². The minimum atomic E-state index is -1.72. The van der Waals surface area contributed by atoms with Crippen LogP contribution in [0.1, 0.15) is 48.3 Å². The van der Waals surface area contributed by atoms with Gasteiger partial charge >= 0.3 is 0 Å². The number of ether oxygens (including phenoxy) is 2. The van der Waals surface area contributed by atoms with Crippen molar-refractivity contribution in [2.75, 3.05) is 26.3 Å². The molecule has 12 heteroatoms. The predicted molar refractivity (Wildman–Crippen MR) is 166 cm³/mol. The Hall–Kier alpha value is -4.65. The Balaban J connectivity index is 1.31. The molecule has 46 heavy (non-hydrogen) atoms. The van der Waals surface area contributed by atoms with Gasteiger partial charge in [-0.15, -0.1) is 0 Å². The minimum Gasteiger partial charge on any atom is -0.489 e. The Morgan fingerprint density at radius 1 is 1.17 bits per heavy atom. The second kappa shape index (κ2) is 12.3. The maximum atomic E-state index is 13.8. The molecule has 1 aliphatic carbocycles. The normalized spacial score (nSPS) is 19.1. The monoisotopic (exact) mass is 630 g/mol. The Morgan fingerprint density at radius 2 is 1.93 bits per heavy atom. The number of aliphatic hydroxyl groups excluding tert-OH is 2. The van der Waals surface area contributed by atoms with Crippen molar-refractivity contribution < 1.29 is 38.8 Å². The number of halogens is 1. The maximum Gasteiger partial charge on any atom is 0.251 e. The minimum absolute atomic E-state index is 0.0658. The highest BCUT2D eigenvalue weighted by atomic mass is 19.1. The largest absolute Gasteiger partial charge is 0.489 e. The first kappa shape index (κ1) is 31.3. The molecule has 11 nitrogen and oxygen atoms in total. The topological polar surface area (TPSA) is 163 Å². The third-order valence-electron chi connectivity index (χ3n) is 8.30. The fourth-order valence-corrected chi connectivity index (χ4v) is 5.31. The molecule has 4 aromatic rings. The van der Waals surface area contributed by atoms with Crippen LogP contribution >= 0.6 is 0 Å². The summed E-state index contributed by atoms with van der Waals surface area (Å²) in [6.45, 7) is 2.15. The summed E-state index contributed by atoms with van der Waals surface area (Å²) in [5.74, 6) is -0.547. The number of aliphatic hydroxyl groups is 3. The van der Waals surface area contributed by atoms with E-state index in [4.69, 9.17) is 14.5 Å². The standard InChI is InChI=1S/C34H35FN4O7/c1-33(32(43)37-15-23(41)16-40)18-45-30-25(33)14-27(39-29(30)19-5-7-22(35)8-6-19)34(2,44)17-38-31(42)21-12-20-4-3-11-36-28(20)26(13-21)46-24-9-10-24/h3-8,11-14,23-24,40-41,44H,9-10,15-18H2,1-2H3,(H,37,43)(H,38,42)/t23-,33-,34-/m0/s1. The zero-order chi connectivity index (χ0) is 32.6. The molecular formula is C34H35FN4O7. The van der Waals surface area contributed by atoms with Gasteiger partial charge in [0.05, 0.1) is 31.1 Å². The van der Waals surface area contributed by atoms with E-state index in [0.29, 0.717) is 33.7 Å². The number of amides is 2. The quantitative estimate of drug-likeness (QED) is 0.168. The summed E-state index contributed by atoms with van der Waals surface area (Å²) in [7, 11) is 0. The number of hydrogen-bond donors (Lipinski definition) is 5. The summed E-state index contributed by atoms with van der Waals surface area (Å²) >= 11 is 0. The van der Waals surface area contributed by atoms with Gasteiger partial charge < -0.3 is 35.4 Å². The van der Waals surface area contributed by atoms with E-state index in [1.54, 1.807) is 37.4 Å². The molecule has 6 rings (SSSR count). The number of fused-ring (bicyclic) bond motifs is 2. The molecule has 2 aliphatic rings. The van der Waals surface area contributed by atoms with Gasteiger partial charge in [-0.25, -0.2) is 9.37 Å². The smallest absolute Gasteiger partial charge is 0.251 e. The molecule has 3 heterocycles. The van der Waals surface area contributed by atoms with Crippen molar-refractivity contribution in [1.29, 1.82) is 0 Å². The second-order valence-electron chi connectivity index (χ2n) is 12.2. The van der Waals surface area contributed by atoms with Gasteiger partial charge in [0.2, 0.25) is 5.91 Å². The molecule has 0 radical (unpaired) electrons. The van der Waals surface area contributed by atoms with E-state index >= 15 is 0 Å². The number of nitrogens with zero attached hydrogens (tertiary/aromatic N) is 2. The highest BCUT2D eigenvalue weighted by molar-refractivity contribution is 6.00. The van der Waals surface area contributed by atoms with Crippen molar-refractivity contribution in [3.63, 3.8) is 0 Å². The lowest BCUT2D eigenvalue weighted by Crippen LogP contribution is -2.46. The number of aromatic nitrogens is 2. The van der Waals surface area contributed by atoms with Gasteiger partial charge in [0.15, 0.2) is 0 Å². The molecular weight excluding hydrogens is 595 g/mol. The summed E-state index contributed by atoms with van der Waals surface area (Å²) in [5, 5.41) is 36.9. The SMILES string of the molecule is C[C@](O)(CNC(=O)c1cc(OC2CC2)c2ncccc2c1)c1cc2c(c(-c3ccc(F)cc3)n1)OC[C@]2(C)C(=O)NC[C@H](O)CO. The second-order valence-corrected chi connectivity index (χ2v) is 12.2. The Morgan fingerprint density at radius 3 is 2.65 bits per heavy atom. The summed E-state index contributed by atoms with van der Waals surface area (Å²) in [6, 6.07) is 14.1. The molecule has 0 spiro atoms. The molecule has 0 bridgehead atoms. The third-order valence-corrected chi connectivity index (χ3v) is 8.30. The van der Waals surface area contributed by atoms with Crippen LogP contribution < -0.4 is 20.1 Å². The van der Waals surface area contributed by atoms with Crippen LogP contribution in [0, 0.1) is 5.82 Å². The zero-order valence-electron chi connectivity index (χ0n) is 25.4. The average molecular weight is 631 g/mol. The Kier molecular flexibility index (Phi) is 8.36. The van der Waals surface area contributed by atoms with Crippen LogP contribution in [0.25, 0.3) is 22.2 Å². The maximum absolute atomic E-state index is 13.8. The molecule has 0 unspecified atom stereocenters. The lowest BCUT2D eigenvalue weighted by molar-refractivity contribution is -0.127. The first-order chi connectivity index (χ1) is 22.0. The first-order valence-electron chi connectivity index (χ1n) is 15.1. The summed E-state index contributed by atoms with van der Waals surface area (Å²) in [6.07, 6.45) is 2.51. The molecule has 2 aromatic heterocycles. The molecule has 1 saturated carbocycles. The van der Waals surface area contributed by atoms with E-state index in [2.05, 4.69) is 15.6 Å². The van der Waals surface area contributed by atoms with Crippen molar-refractivity contribution in [2.24, 2.45) is 0 Å². The van der Waals surface area contributed by atoms with Crippen molar-refractivity contribution in [3.8, 4) is 22.8 Å². The fourth-order valence-electron chi connectivity index (χ4n) is 5.31. The molecule has 0 saturated heterocycles. The molecule has 3 atom stereocenters. The zero-order valence-corrected chi connectivity index (χ0v) is 25.4. The van der Waals surface area contributed by atoms with Gasteiger partial charge in [-0.1, -0.05) is 6.07 Å². The Labute approximate surface area is 264 Å². The Bertz CT molecular complexity index is 1790. The predicted octanol–water partition coefficient (Wildman–Crippen LogP) is 2.73. The molecule has 240 valence electrons. The average Bonchev–Trinajstić information content (AvgIpc) is 3.81. The first-order valence-corrected chi connectivity index (χ1v) is 15.1. The molecule has 1 fully saturated rings. The van der Waals surface area contributed by atoms with Crippen LogP contribution in [-0.4, -0.2) is 75.6 Å². The molecule has 2 amide bonds. The molecule has 2 aromatic carbocycles. The van der Waals surface area contributed by atoms with Gasteiger partial charge in [0.1, 0.15) is 46.1 Å². The third kappa shape index (κ3) is 6.23. The summed E-state index contributed by atoms with van der Waals surface area (Å²) < 4.78 is 25.8. The van der Waals surface area contributed by atoms with Crippen LogP contribution in [0.3, 0.4) is 0 Å². The van der Waals surface area contributed by atoms with Crippen LogP contribution in [0.4, 0.5) is 4.39 Å². The lowest BCUT2D eigenvalue weighted by atomic mass is 9.81. The van der Waals surface area contributed by atoms with Crippen LogP contribution in [0.15, 0.2) is 60.8 Å². The van der Waals surface area contributed by atoms with Crippen molar-refractivity contribution >= 4 is 22.7 Å². The lowest BCUT2D eigenvalue weighted by Gasteiger charge is -2.27. The van der Waals surface area contributed by atoms with E-state index in [9.17, 15) is 29.3 Å². The van der Waals surface area contributed by atoms with Crippen LogP contribution in [0.5, 0.6) is 11.5 Å². The number of carbonyl (C=O) groups is 2. The van der Waals surface area contributed by atoms with Crippen molar-refractivity contribution in [1.82, 2.24) is 20.6 Å². The molecule has 5 N–H and O–H groups in total. The van der Waals surface area contributed by atoms with Gasteiger partial charge in [0, 0.05) is 34.8 Å². The number of pyridine rings is 2. The summed E-state index contributed by atoms with van der Waals surface area (Å²) in [5.41, 5.74) is -0.638. The number of nitrogens with one attached hydrogen (secondary N) is 2. The van der Waals surface area contributed by atoms with Crippen LogP contribution in [0.2, 0.25) is 0 Å². The van der Waals surface area contributed by atoms with Crippen molar-refractivity contribution in [3.05, 3.63) is 83.4 Å². The number of carbonyl (C=O) groups excluding carboxylic acids is 2. The highest BCUT2D eigenvalue weighted by Gasteiger charge is 2.46. The van der Waals surface area contributed by atoms with E-state index in [1.165, 1.54) is 31.2 Å². The number of benzene rings is 2. The number of hydrogen-bond acceptors (Lipinski definition) is 9. The fraction of sp³-hybridized carbons (Fsp3) is 0.353. The van der Waals surface area contributed by atoms with E-state index in [1.807, 2.05) is 6.07 Å². The van der Waals surface area contributed by atoms with E-state index in [-0.39, 0.29) is 37.2 Å². The van der Waals surface area contributed by atoms with E-state index in [0.717, 1.165) is 18.2 Å². The van der Waals surface area contributed by atoms with Gasteiger partial charge in [-0.2, -0.15) is 0 Å². The summed E-state index contributed by atoms with van der Waals surface area (Å²) in [4.78, 5) is 35.9. The number of rotatable bonds is 11. The van der Waals surface area contributed by atoms with E-state index < -0.39 is 41.4 Å². The van der Waals surface area contributed by atoms with Gasteiger partial charge in [-0.3, -0.25) is 14.6 Å². The van der Waals surface area contributed by atoms with Crippen molar-refractivity contribution in [2.45, 2.75) is 49.9 Å².